The largest absolute Gasteiger partial charge is 0.497 e. The van der Waals surface area contributed by atoms with Crippen molar-refractivity contribution in [3.63, 3.8) is 0 Å². The van der Waals surface area contributed by atoms with Crippen LogP contribution in [-0.2, 0) is 9.59 Å². The average Bonchev–Trinajstić information content (AvgIpc) is 3.07. The highest BCUT2D eigenvalue weighted by Gasteiger charge is 2.42. The first-order chi connectivity index (χ1) is 14.4. The summed E-state index contributed by atoms with van der Waals surface area (Å²) in [5, 5.41) is 2.89. The molecule has 0 aromatic heterocycles. The van der Waals surface area contributed by atoms with Crippen molar-refractivity contribution < 1.29 is 28.5 Å². The minimum atomic E-state index is -0.546. The Morgan fingerprint density at radius 1 is 0.967 bits per heavy atom. The summed E-state index contributed by atoms with van der Waals surface area (Å²) in [5.41, 5.74) is 1.36. The molecular weight excluding hydrogens is 388 g/mol. The fraction of sp³-hybridized carbons (Fsp3) is 0.364. The third-order valence-corrected chi connectivity index (χ3v) is 5.31. The number of methoxy groups -OCH3 is 4. The molecular formula is C22H26N2O6. The van der Waals surface area contributed by atoms with E-state index in [2.05, 4.69) is 5.32 Å². The van der Waals surface area contributed by atoms with Crippen molar-refractivity contribution in [2.24, 2.45) is 5.92 Å². The summed E-state index contributed by atoms with van der Waals surface area (Å²) in [6, 6.07) is 10.3. The number of benzene rings is 2. The second-order valence-electron chi connectivity index (χ2n) is 6.94. The van der Waals surface area contributed by atoms with Gasteiger partial charge in [0.1, 0.15) is 5.75 Å². The van der Waals surface area contributed by atoms with Gasteiger partial charge in [0.25, 0.3) is 0 Å². The standard InChI is InChI=1S/C22H26N2O6/c1-24-19(25)12-16(20(24)13-6-8-15(27-2)9-7-13)22(26)23-14-10-17(28-3)21(30-5)18(11-14)29-4/h6-11,16,20H,12H2,1-5H3,(H,23,26). The van der Waals surface area contributed by atoms with Gasteiger partial charge in [-0.1, -0.05) is 12.1 Å². The van der Waals surface area contributed by atoms with E-state index >= 15 is 0 Å². The van der Waals surface area contributed by atoms with Crippen LogP contribution < -0.4 is 24.3 Å². The van der Waals surface area contributed by atoms with Crippen LogP contribution in [0, 0.1) is 5.92 Å². The molecule has 0 radical (unpaired) electrons. The number of anilines is 1. The predicted molar refractivity (Wildman–Crippen MR) is 111 cm³/mol. The Bertz CT molecular complexity index is 903. The molecule has 30 heavy (non-hydrogen) atoms. The highest BCUT2D eigenvalue weighted by molar-refractivity contribution is 5.98. The number of ether oxygens (including phenoxy) is 4. The minimum absolute atomic E-state index is 0.0825. The molecule has 0 bridgehead atoms. The number of nitrogens with one attached hydrogen (secondary N) is 1. The average molecular weight is 414 g/mol. The van der Waals surface area contributed by atoms with Crippen LogP contribution in [0.25, 0.3) is 0 Å². The Labute approximate surface area is 175 Å². The lowest BCUT2D eigenvalue weighted by Crippen LogP contribution is -2.30. The van der Waals surface area contributed by atoms with Crippen LogP contribution in [0.3, 0.4) is 0 Å². The van der Waals surface area contributed by atoms with E-state index in [1.807, 2.05) is 24.3 Å². The van der Waals surface area contributed by atoms with Crippen molar-refractivity contribution in [2.45, 2.75) is 12.5 Å². The number of amides is 2. The van der Waals surface area contributed by atoms with E-state index in [1.165, 1.54) is 21.3 Å². The first kappa shape index (κ1) is 21.3. The fourth-order valence-electron chi connectivity index (χ4n) is 3.75. The van der Waals surface area contributed by atoms with Crippen molar-refractivity contribution in [1.29, 1.82) is 0 Å². The van der Waals surface area contributed by atoms with Gasteiger partial charge in [0.15, 0.2) is 11.5 Å². The van der Waals surface area contributed by atoms with Crippen molar-refractivity contribution in [2.75, 3.05) is 40.8 Å². The van der Waals surface area contributed by atoms with Gasteiger partial charge < -0.3 is 29.2 Å². The SMILES string of the molecule is COc1ccc(C2C(C(=O)Nc3cc(OC)c(OC)c(OC)c3)CC(=O)N2C)cc1. The lowest BCUT2D eigenvalue weighted by atomic mass is 9.92. The van der Waals surface area contributed by atoms with E-state index in [4.69, 9.17) is 18.9 Å². The molecule has 2 aromatic rings. The van der Waals surface area contributed by atoms with Crippen LogP contribution in [0.15, 0.2) is 36.4 Å². The quantitative estimate of drug-likeness (QED) is 0.750. The second-order valence-corrected chi connectivity index (χ2v) is 6.94. The molecule has 1 aliphatic rings. The maximum atomic E-state index is 13.1. The van der Waals surface area contributed by atoms with Gasteiger partial charge >= 0.3 is 0 Å². The molecule has 0 spiro atoms. The molecule has 8 nitrogen and oxygen atoms in total. The molecule has 1 fully saturated rings. The van der Waals surface area contributed by atoms with Gasteiger partial charge in [0.05, 0.1) is 40.4 Å². The van der Waals surface area contributed by atoms with E-state index in [9.17, 15) is 9.59 Å². The predicted octanol–water partition coefficient (Wildman–Crippen LogP) is 2.88. The molecule has 2 amide bonds. The molecule has 160 valence electrons. The summed E-state index contributed by atoms with van der Waals surface area (Å²) in [6.45, 7) is 0. The molecule has 8 heteroatoms. The summed E-state index contributed by atoms with van der Waals surface area (Å²) in [6.07, 6.45) is 0.128. The fourth-order valence-corrected chi connectivity index (χ4v) is 3.75. The Morgan fingerprint density at radius 2 is 1.57 bits per heavy atom. The molecule has 1 aliphatic heterocycles. The molecule has 1 N–H and O–H groups in total. The highest BCUT2D eigenvalue weighted by atomic mass is 16.5. The number of likely N-dealkylation sites (tertiary alicyclic amines) is 1. The van der Waals surface area contributed by atoms with Crippen LogP contribution in [0.1, 0.15) is 18.0 Å². The molecule has 2 unspecified atom stereocenters. The first-order valence-corrected chi connectivity index (χ1v) is 9.44. The molecule has 2 aromatic carbocycles. The molecule has 1 heterocycles. The molecule has 3 rings (SSSR count). The van der Waals surface area contributed by atoms with Crippen LogP contribution >= 0.6 is 0 Å². The Kier molecular flexibility index (Phi) is 6.34. The zero-order valence-electron chi connectivity index (χ0n) is 17.7. The van der Waals surface area contributed by atoms with Crippen molar-refractivity contribution in [3.05, 3.63) is 42.0 Å². The molecule has 1 saturated heterocycles. The maximum Gasteiger partial charge on any atom is 0.230 e. The van der Waals surface area contributed by atoms with Crippen molar-refractivity contribution >= 4 is 17.5 Å². The zero-order valence-corrected chi connectivity index (χ0v) is 17.7. The van der Waals surface area contributed by atoms with E-state index in [-0.39, 0.29) is 24.3 Å². The summed E-state index contributed by atoms with van der Waals surface area (Å²) in [5.74, 6) is 1.12. The number of hydrogen-bond donors (Lipinski definition) is 1. The van der Waals surface area contributed by atoms with Gasteiger partial charge in [-0.15, -0.1) is 0 Å². The lowest BCUT2D eigenvalue weighted by molar-refractivity contribution is -0.127. The van der Waals surface area contributed by atoms with E-state index < -0.39 is 5.92 Å². The number of rotatable bonds is 7. The Hall–Kier alpha value is -3.42. The van der Waals surface area contributed by atoms with Gasteiger partial charge in [0, 0.05) is 31.3 Å². The van der Waals surface area contributed by atoms with E-state index in [0.29, 0.717) is 28.7 Å². The summed E-state index contributed by atoms with van der Waals surface area (Å²) < 4.78 is 21.2. The summed E-state index contributed by atoms with van der Waals surface area (Å²) in [4.78, 5) is 27.1. The normalized spacial score (nSPS) is 18.2. The van der Waals surface area contributed by atoms with Gasteiger partial charge in [0.2, 0.25) is 17.6 Å². The van der Waals surface area contributed by atoms with Crippen LogP contribution in [0.2, 0.25) is 0 Å². The summed E-state index contributed by atoms with van der Waals surface area (Å²) >= 11 is 0. The van der Waals surface area contributed by atoms with Crippen molar-refractivity contribution in [1.82, 2.24) is 4.90 Å². The second kappa shape index (κ2) is 8.94. The number of hydrogen-bond acceptors (Lipinski definition) is 6. The number of nitrogens with zero attached hydrogens (tertiary/aromatic N) is 1. The van der Waals surface area contributed by atoms with E-state index in [1.54, 1.807) is 31.2 Å². The van der Waals surface area contributed by atoms with Gasteiger partial charge in [-0.3, -0.25) is 9.59 Å². The van der Waals surface area contributed by atoms with Gasteiger partial charge in [-0.05, 0) is 17.7 Å². The number of carbonyl (C=O) groups excluding carboxylic acids is 2. The Morgan fingerprint density at radius 3 is 2.07 bits per heavy atom. The van der Waals surface area contributed by atoms with E-state index in [0.717, 1.165) is 5.56 Å². The third kappa shape index (κ3) is 3.98. The highest BCUT2D eigenvalue weighted by Crippen LogP contribution is 2.41. The smallest absolute Gasteiger partial charge is 0.230 e. The molecule has 2 atom stereocenters. The third-order valence-electron chi connectivity index (χ3n) is 5.31. The van der Waals surface area contributed by atoms with Crippen LogP contribution in [0.4, 0.5) is 5.69 Å². The summed E-state index contributed by atoms with van der Waals surface area (Å²) in [7, 11) is 7.83. The molecule has 0 saturated carbocycles. The maximum absolute atomic E-state index is 13.1. The first-order valence-electron chi connectivity index (χ1n) is 9.44. The number of carbonyl (C=O) groups is 2. The van der Waals surface area contributed by atoms with Gasteiger partial charge in [-0.25, -0.2) is 0 Å². The molecule has 0 aliphatic carbocycles. The lowest BCUT2D eigenvalue weighted by Gasteiger charge is -2.25. The monoisotopic (exact) mass is 414 g/mol. The minimum Gasteiger partial charge on any atom is -0.497 e. The van der Waals surface area contributed by atoms with Crippen LogP contribution in [0.5, 0.6) is 23.0 Å². The van der Waals surface area contributed by atoms with Crippen molar-refractivity contribution in [3.8, 4) is 23.0 Å². The Balaban J connectivity index is 1.88. The topological polar surface area (TPSA) is 86.3 Å². The van der Waals surface area contributed by atoms with Gasteiger partial charge in [-0.2, -0.15) is 0 Å². The van der Waals surface area contributed by atoms with Crippen LogP contribution in [-0.4, -0.2) is 52.2 Å². The zero-order chi connectivity index (χ0) is 21.8.